The molecule has 0 aromatic heterocycles. The fourth-order valence-corrected chi connectivity index (χ4v) is 13.3. The van der Waals surface area contributed by atoms with Gasteiger partial charge in [0.15, 0.2) is 0 Å². The van der Waals surface area contributed by atoms with Crippen LogP contribution in [0.1, 0.15) is 39.5 Å². The molecule has 0 aromatic carbocycles. The molecule has 4 heteroatoms. The third-order valence-corrected chi connectivity index (χ3v) is 16.5. The summed E-state index contributed by atoms with van der Waals surface area (Å²) in [5, 5.41) is 0. The Morgan fingerprint density at radius 2 is 1.56 bits per heavy atom. The van der Waals surface area contributed by atoms with Gasteiger partial charge in [-0.05, 0) is 0 Å². The Bertz CT molecular complexity index is 230. The number of halogens is 1. The summed E-state index contributed by atoms with van der Waals surface area (Å²) in [5.41, 5.74) is 0. The number of hydrogen-bond donors (Lipinski definition) is 0. The van der Waals surface area contributed by atoms with E-state index in [0.29, 0.717) is 0 Å². The fraction of sp³-hybridized carbons (Fsp3) is 0.857. The molecule has 0 spiro atoms. The minimum atomic E-state index is -2.44. The van der Waals surface area contributed by atoms with Crippen LogP contribution < -0.4 is 0 Å². The molecule has 0 aliphatic carbocycles. The first-order valence-electron chi connectivity index (χ1n) is 7.33. The second kappa shape index (κ2) is 9.84. The zero-order valence-corrected chi connectivity index (χ0v) is 17.5. The molecule has 108 valence electrons. The summed E-state index contributed by atoms with van der Waals surface area (Å²) in [4.78, 5) is 0. The predicted molar refractivity (Wildman–Crippen MR) is 89.5 cm³/mol. The normalized spacial score (nSPS) is 13.4. The SMILES string of the molecule is CCC[CH2][Sn]([Cl])(/[CH]=C\CO[Si](C)(C)C)[CH2]CCC. The van der Waals surface area contributed by atoms with E-state index < -0.39 is 25.6 Å². The maximum atomic E-state index is 6.93. The van der Waals surface area contributed by atoms with Gasteiger partial charge in [0.2, 0.25) is 0 Å². The molecule has 0 bridgehead atoms. The van der Waals surface area contributed by atoms with Gasteiger partial charge in [-0.25, -0.2) is 0 Å². The molecule has 0 rings (SSSR count). The molecular weight excluding hydrogens is 366 g/mol. The summed E-state index contributed by atoms with van der Waals surface area (Å²) in [6.07, 6.45) is 7.32. The van der Waals surface area contributed by atoms with Crippen molar-refractivity contribution in [3.8, 4) is 0 Å². The van der Waals surface area contributed by atoms with E-state index in [1.54, 1.807) is 0 Å². The van der Waals surface area contributed by atoms with Crippen molar-refractivity contribution >= 4 is 34.5 Å². The van der Waals surface area contributed by atoms with Gasteiger partial charge in [0.25, 0.3) is 0 Å². The molecule has 0 fully saturated rings. The van der Waals surface area contributed by atoms with Crippen LogP contribution in [0.2, 0.25) is 28.5 Å². The van der Waals surface area contributed by atoms with Gasteiger partial charge in [0.1, 0.15) is 0 Å². The molecule has 0 heterocycles. The molecule has 0 radical (unpaired) electrons. The van der Waals surface area contributed by atoms with Crippen molar-refractivity contribution in [1.82, 2.24) is 0 Å². The summed E-state index contributed by atoms with van der Waals surface area (Å²) in [7, 11) is 5.55. The molecule has 0 saturated heterocycles. The van der Waals surface area contributed by atoms with Gasteiger partial charge in [-0.1, -0.05) is 0 Å². The monoisotopic (exact) mass is 398 g/mol. The van der Waals surface area contributed by atoms with Crippen LogP contribution in [0.15, 0.2) is 10.2 Å². The van der Waals surface area contributed by atoms with Crippen LogP contribution in [0.5, 0.6) is 0 Å². The molecule has 0 saturated carbocycles. The van der Waals surface area contributed by atoms with E-state index >= 15 is 0 Å². The van der Waals surface area contributed by atoms with Gasteiger partial charge in [-0.15, -0.1) is 0 Å². The van der Waals surface area contributed by atoms with Gasteiger partial charge in [-0.2, -0.15) is 0 Å². The summed E-state index contributed by atoms with van der Waals surface area (Å²) in [6, 6.07) is 0. The summed E-state index contributed by atoms with van der Waals surface area (Å²) in [5.74, 6) is 0. The fourth-order valence-electron chi connectivity index (χ4n) is 1.79. The molecule has 0 aliphatic heterocycles. The summed E-state index contributed by atoms with van der Waals surface area (Å²) >= 11 is -2.44. The number of rotatable bonds is 10. The average molecular weight is 398 g/mol. The van der Waals surface area contributed by atoms with Crippen molar-refractivity contribution in [2.45, 2.75) is 68.0 Å². The third-order valence-electron chi connectivity index (χ3n) is 2.92. The molecule has 0 aromatic rings. The molecule has 0 aliphatic rings. The van der Waals surface area contributed by atoms with Crippen molar-refractivity contribution in [3.63, 3.8) is 0 Å². The zero-order chi connectivity index (χ0) is 14.1. The van der Waals surface area contributed by atoms with Crippen LogP contribution >= 0.6 is 8.92 Å². The quantitative estimate of drug-likeness (QED) is 0.429. The van der Waals surface area contributed by atoms with E-state index in [4.69, 9.17) is 13.3 Å². The van der Waals surface area contributed by atoms with Crippen molar-refractivity contribution in [3.05, 3.63) is 10.2 Å². The Kier molecular flexibility index (Phi) is 10.4. The van der Waals surface area contributed by atoms with E-state index in [-0.39, 0.29) is 0 Å². The Labute approximate surface area is 123 Å². The standard InChI is InChI=1S/C6H13OSi.2C4H9.ClH.Sn/c1-5-6-7-8(2,3)4;2*1-3-4-2;;/h1,5H,6H2,2-4H3;2*1,3-4H2,2H3;1H;/q;;;;+1/p-1. The molecular formula is C14H31ClOSiSn. The van der Waals surface area contributed by atoms with Gasteiger partial charge in [-0.3, -0.25) is 0 Å². The predicted octanol–water partition coefficient (Wildman–Crippen LogP) is 5.72. The van der Waals surface area contributed by atoms with E-state index in [0.717, 1.165) is 6.61 Å². The molecule has 1 nitrogen and oxygen atoms in total. The van der Waals surface area contributed by atoms with E-state index in [9.17, 15) is 0 Å². The Balaban J connectivity index is 4.24. The first-order chi connectivity index (χ1) is 8.33. The minimum absolute atomic E-state index is 0.763. The van der Waals surface area contributed by atoms with Gasteiger partial charge in [0.05, 0.1) is 0 Å². The van der Waals surface area contributed by atoms with Crippen LogP contribution in [-0.2, 0) is 4.43 Å². The van der Waals surface area contributed by atoms with Gasteiger partial charge >= 0.3 is 124 Å². The van der Waals surface area contributed by atoms with E-state index in [1.165, 1.54) is 34.6 Å². The van der Waals surface area contributed by atoms with Crippen LogP contribution in [0.4, 0.5) is 0 Å². The molecule has 18 heavy (non-hydrogen) atoms. The Morgan fingerprint density at radius 3 is 1.94 bits per heavy atom. The van der Waals surface area contributed by atoms with E-state index in [2.05, 4.69) is 43.7 Å². The first-order valence-corrected chi connectivity index (χ1v) is 20.0. The second-order valence-corrected chi connectivity index (χ2v) is 25.3. The topological polar surface area (TPSA) is 9.23 Å². The summed E-state index contributed by atoms with van der Waals surface area (Å²) in [6.45, 7) is 12.0. The second-order valence-electron chi connectivity index (χ2n) is 6.07. The Hall–Kier alpha value is 1.01. The first kappa shape index (κ1) is 19.0. The average Bonchev–Trinajstić information content (AvgIpc) is 2.29. The maximum absolute atomic E-state index is 6.93. The molecule has 0 N–H and O–H groups in total. The van der Waals surface area contributed by atoms with Crippen molar-refractivity contribution in [2.24, 2.45) is 0 Å². The number of hydrogen-bond acceptors (Lipinski definition) is 1. The molecule has 0 amide bonds. The van der Waals surface area contributed by atoms with Crippen LogP contribution in [0.25, 0.3) is 0 Å². The van der Waals surface area contributed by atoms with Crippen molar-refractivity contribution < 1.29 is 4.43 Å². The molecule has 0 atom stereocenters. The Morgan fingerprint density at radius 1 is 1.06 bits per heavy atom. The van der Waals surface area contributed by atoms with Crippen molar-refractivity contribution in [2.75, 3.05) is 6.61 Å². The zero-order valence-electron chi connectivity index (χ0n) is 12.9. The van der Waals surface area contributed by atoms with Crippen LogP contribution in [0, 0.1) is 0 Å². The number of unbranched alkanes of at least 4 members (excludes halogenated alkanes) is 2. The van der Waals surface area contributed by atoms with Gasteiger partial charge < -0.3 is 0 Å². The van der Waals surface area contributed by atoms with Crippen LogP contribution in [-0.4, -0.2) is 32.2 Å². The molecule has 0 unspecified atom stereocenters. The summed E-state index contributed by atoms with van der Waals surface area (Å²) < 4.78 is 10.8. The van der Waals surface area contributed by atoms with Gasteiger partial charge in [0, 0.05) is 0 Å². The third kappa shape index (κ3) is 10.9. The van der Waals surface area contributed by atoms with Crippen LogP contribution in [0.3, 0.4) is 0 Å². The van der Waals surface area contributed by atoms with Crippen molar-refractivity contribution in [1.29, 1.82) is 0 Å². The van der Waals surface area contributed by atoms with E-state index in [1.807, 2.05) is 0 Å².